The Bertz CT molecular complexity index is 1780. The Hall–Kier alpha value is -4.70. The number of fused-ring (bicyclic) bond motifs is 1. The van der Waals surface area contributed by atoms with Gasteiger partial charge in [-0.25, -0.2) is 4.39 Å². The normalized spacial score (nSPS) is 12.5. The van der Waals surface area contributed by atoms with E-state index in [-0.39, 0.29) is 18.1 Å². The number of imide groups is 1. The SMILES string of the molecule is CCC(NCc1ccccc1F)C(=O)NC(=O)C(Oc1ccc2[nH]ccc2c1)c1ccc(Cl)cc1Oc1cccc(CN)c1. The molecule has 0 aliphatic carbocycles. The number of nitrogens with one attached hydrogen (secondary N) is 3. The van der Waals surface area contributed by atoms with Crippen LogP contribution in [0.25, 0.3) is 10.9 Å². The monoisotopic (exact) mass is 614 g/mol. The van der Waals surface area contributed by atoms with Gasteiger partial charge in [-0.2, -0.15) is 0 Å². The summed E-state index contributed by atoms with van der Waals surface area (Å²) in [6.45, 7) is 2.23. The van der Waals surface area contributed by atoms with Gasteiger partial charge in [0, 0.05) is 46.3 Å². The maximum absolute atomic E-state index is 14.2. The van der Waals surface area contributed by atoms with Crippen molar-refractivity contribution in [1.82, 2.24) is 15.6 Å². The number of carbonyl (C=O) groups is 2. The lowest BCUT2D eigenvalue weighted by molar-refractivity contribution is -0.136. The average Bonchev–Trinajstić information content (AvgIpc) is 3.49. The van der Waals surface area contributed by atoms with Crippen molar-refractivity contribution in [3.63, 3.8) is 0 Å². The lowest BCUT2D eigenvalue weighted by atomic mass is 10.1. The van der Waals surface area contributed by atoms with Crippen LogP contribution in [0.5, 0.6) is 17.2 Å². The van der Waals surface area contributed by atoms with Crippen LogP contribution in [0.3, 0.4) is 0 Å². The third-order valence-corrected chi connectivity index (χ3v) is 7.34. The van der Waals surface area contributed by atoms with Crippen molar-refractivity contribution >= 4 is 34.3 Å². The fourth-order valence-electron chi connectivity index (χ4n) is 4.75. The van der Waals surface area contributed by atoms with E-state index in [0.29, 0.717) is 40.6 Å². The Kier molecular flexibility index (Phi) is 9.91. The zero-order valence-corrected chi connectivity index (χ0v) is 24.7. The summed E-state index contributed by atoms with van der Waals surface area (Å²) in [6.07, 6.45) is 0.858. The second kappa shape index (κ2) is 14.2. The minimum atomic E-state index is -1.30. The van der Waals surface area contributed by atoms with Crippen molar-refractivity contribution in [3.05, 3.63) is 125 Å². The first kappa shape index (κ1) is 30.7. The van der Waals surface area contributed by atoms with Gasteiger partial charge in [0.05, 0.1) is 6.04 Å². The Balaban J connectivity index is 1.44. The summed E-state index contributed by atoms with van der Waals surface area (Å²) in [5, 5.41) is 6.79. The lowest BCUT2D eigenvalue weighted by Crippen LogP contribution is -2.47. The summed E-state index contributed by atoms with van der Waals surface area (Å²) in [5.41, 5.74) is 8.32. The minimum absolute atomic E-state index is 0.112. The molecule has 8 nitrogen and oxygen atoms in total. The molecule has 0 fully saturated rings. The molecule has 5 N–H and O–H groups in total. The number of ether oxygens (including phenoxy) is 2. The molecule has 226 valence electrons. The topological polar surface area (TPSA) is 118 Å². The Morgan fingerprint density at radius 3 is 2.59 bits per heavy atom. The van der Waals surface area contributed by atoms with Gasteiger partial charge < -0.3 is 25.5 Å². The maximum atomic E-state index is 14.2. The summed E-state index contributed by atoms with van der Waals surface area (Å²) in [6, 6.07) is 24.8. The summed E-state index contributed by atoms with van der Waals surface area (Å²) in [5.74, 6) is -0.503. The average molecular weight is 615 g/mol. The van der Waals surface area contributed by atoms with E-state index in [1.54, 1.807) is 73.8 Å². The molecule has 5 aromatic rings. The number of hydrogen-bond donors (Lipinski definition) is 4. The number of nitrogens with two attached hydrogens (primary N) is 1. The van der Waals surface area contributed by atoms with Crippen LogP contribution < -0.4 is 25.8 Å². The number of aromatic nitrogens is 1. The number of rotatable bonds is 12. The highest BCUT2D eigenvalue weighted by atomic mass is 35.5. The standard InChI is InChI=1S/C34H32ClFN4O4/c1-2-29(39-20-23-7-3-4-9-28(23)36)33(41)40-34(42)32(44-26-11-13-30-22(17-26)14-15-38-30)27-12-10-24(35)18-31(27)43-25-8-5-6-21(16-25)19-37/h3-18,29,32,38-39H,2,19-20,37H2,1H3,(H,40,41,42). The zero-order chi connectivity index (χ0) is 31.1. The Labute approximate surface area is 259 Å². The van der Waals surface area contributed by atoms with E-state index in [1.165, 1.54) is 6.07 Å². The van der Waals surface area contributed by atoms with Crippen LogP contribution in [0.1, 0.15) is 36.1 Å². The predicted molar refractivity (Wildman–Crippen MR) is 168 cm³/mol. The molecule has 0 saturated carbocycles. The number of aromatic amines is 1. The van der Waals surface area contributed by atoms with Gasteiger partial charge in [-0.3, -0.25) is 14.9 Å². The number of carbonyl (C=O) groups excluding carboxylic acids is 2. The van der Waals surface area contributed by atoms with Crippen LogP contribution in [0, 0.1) is 5.82 Å². The quantitative estimate of drug-likeness (QED) is 0.127. The Morgan fingerprint density at radius 1 is 0.955 bits per heavy atom. The lowest BCUT2D eigenvalue weighted by Gasteiger charge is -2.23. The van der Waals surface area contributed by atoms with Crippen LogP contribution in [0.4, 0.5) is 4.39 Å². The van der Waals surface area contributed by atoms with Crippen LogP contribution in [-0.2, 0) is 22.7 Å². The van der Waals surface area contributed by atoms with E-state index in [0.717, 1.165) is 16.5 Å². The Morgan fingerprint density at radius 2 is 1.80 bits per heavy atom. The first-order valence-corrected chi connectivity index (χ1v) is 14.5. The number of H-pyrrole nitrogens is 1. The molecule has 0 saturated heterocycles. The number of halogens is 2. The van der Waals surface area contributed by atoms with Crippen molar-refractivity contribution in [2.24, 2.45) is 5.73 Å². The third kappa shape index (κ3) is 7.44. The largest absolute Gasteiger partial charge is 0.476 e. The van der Waals surface area contributed by atoms with Gasteiger partial charge in [-0.1, -0.05) is 48.9 Å². The van der Waals surface area contributed by atoms with Crippen molar-refractivity contribution in [1.29, 1.82) is 0 Å². The zero-order valence-electron chi connectivity index (χ0n) is 24.0. The van der Waals surface area contributed by atoms with E-state index in [9.17, 15) is 14.0 Å². The second-order valence-electron chi connectivity index (χ2n) is 10.1. The maximum Gasteiger partial charge on any atom is 0.272 e. The molecule has 5 rings (SSSR count). The van der Waals surface area contributed by atoms with Crippen LogP contribution >= 0.6 is 11.6 Å². The summed E-state index contributed by atoms with van der Waals surface area (Å²) in [7, 11) is 0. The van der Waals surface area contributed by atoms with Crippen molar-refractivity contribution in [2.75, 3.05) is 0 Å². The highest BCUT2D eigenvalue weighted by Gasteiger charge is 2.30. The van der Waals surface area contributed by atoms with E-state index in [2.05, 4.69) is 15.6 Å². The molecule has 1 aromatic heterocycles. The molecule has 0 aliphatic rings. The summed E-state index contributed by atoms with van der Waals surface area (Å²) >= 11 is 6.35. The van der Waals surface area contributed by atoms with Gasteiger partial charge >= 0.3 is 0 Å². The van der Waals surface area contributed by atoms with E-state index >= 15 is 0 Å². The van der Waals surface area contributed by atoms with Gasteiger partial charge in [0.15, 0.2) is 0 Å². The fraction of sp³-hybridized carbons (Fsp3) is 0.176. The molecule has 2 amide bonds. The van der Waals surface area contributed by atoms with Crippen molar-refractivity contribution in [2.45, 2.75) is 38.6 Å². The molecule has 0 radical (unpaired) electrons. The molecule has 2 unspecified atom stereocenters. The van der Waals surface area contributed by atoms with E-state index < -0.39 is 24.0 Å². The first-order valence-electron chi connectivity index (χ1n) is 14.2. The highest BCUT2D eigenvalue weighted by molar-refractivity contribution is 6.30. The predicted octanol–water partition coefficient (Wildman–Crippen LogP) is 6.54. The van der Waals surface area contributed by atoms with Gasteiger partial charge in [-0.15, -0.1) is 0 Å². The molecule has 0 spiro atoms. The second-order valence-corrected chi connectivity index (χ2v) is 10.6. The van der Waals surface area contributed by atoms with Crippen LogP contribution in [0.15, 0.2) is 97.2 Å². The number of benzene rings is 4. The summed E-state index contributed by atoms with van der Waals surface area (Å²) in [4.78, 5) is 30.3. The minimum Gasteiger partial charge on any atom is -0.476 e. The molecule has 4 aromatic carbocycles. The molecule has 0 aliphatic heterocycles. The molecule has 1 heterocycles. The molecular weight excluding hydrogens is 583 g/mol. The third-order valence-electron chi connectivity index (χ3n) is 7.10. The van der Waals surface area contributed by atoms with Gasteiger partial charge in [0.1, 0.15) is 23.1 Å². The summed E-state index contributed by atoms with van der Waals surface area (Å²) < 4.78 is 26.6. The number of hydrogen-bond acceptors (Lipinski definition) is 6. The van der Waals surface area contributed by atoms with Gasteiger partial charge in [-0.05, 0) is 72.6 Å². The molecule has 44 heavy (non-hydrogen) atoms. The van der Waals surface area contributed by atoms with Crippen molar-refractivity contribution < 1.29 is 23.5 Å². The van der Waals surface area contributed by atoms with Crippen LogP contribution in [0.2, 0.25) is 5.02 Å². The first-order chi connectivity index (χ1) is 21.3. The molecule has 0 bridgehead atoms. The van der Waals surface area contributed by atoms with Gasteiger partial charge in [0.2, 0.25) is 12.0 Å². The molecule has 2 atom stereocenters. The fourth-order valence-corrected chi connectivity index (χ4v) is 4.91. The molecular formula is C34H32ClFN4O4. The van der Waals surface area contributed by atoms with Gasteiger partial charge in [0.25, 0.3) is 5.91 Å². The van der Waals surface area contributed by atoms with Crippen molar-refractivity contribution in [3.8, 4) is 17.2 Å². The van der Waals surface area contributed by atoms with E-state index in [1.807, 2.05) is 24.3 Å². The van der Waals surface area contributed by atoms with E-state index in [4.69, 9.17) is 26.8 Å². The molecule has 10 heteroatoms. The smallest absolute Gasteiger partial charge is 0.272 e. The number of amides is 2. The highest BCUT2D eigenvalue weighted by Crippen LogP contribution is 2.36. The van der Waals surface area contributed by atoms with Crippen LogP contribution in [-0.4, -0.2) is 22.8 Å².